The fraction of sp³-hybridized carbons (Fsp3) is 1.00. The van der Waals surface area contributed by atoms with Crippen LogP contribution in [-0.4, -0.2) is 38.1 Å². The first-order chi connectivity index (χ1) is 9.36. The van der Waals surface area contributed by atoms with Crippen LogP contribution in [0.5, 0.6) is 0 Å². The van der Waals surface area contributed by atoms with E-state index >= 15 is 0 Å². The molecule has 0 bridgehead atoms. The molecule has 19 heavy (non-hydrogen) atoms. The molecule has 0 amide bonds. The fourth-order valence-electron chi connectivity index (χ4n) is 3.17. The van der Waals surface area contributed by atoms with Crippen LogP contribution in [0.1, 0.15) is 71.1 Å². The van der Waals surface area contributed by atoms with E-state index in [1.807, 2.05) is 0 Å². The van der Waals surface area contributed by atoms with Crippen molar-refractivity contribution < 1.29 is 0 Å². The SMILES string of the molecule is CCCCCCCCCCN1CCC(CNC)CC1. The predicted molar refractivity (Wildman–Crippen MR) is 85.7 cm³/mol. The molecule has 0 spiro atoms. The van der Waals surface area contributed by atoms with Gasteiger partial charge in [-0.2, -0.15) is 0 Å². The summed E-state index contributed by atoms with van der Waals surface area (Å²) < 4.78 is 0. The molecular formula is C17H36N2. The van der Waals surface area contributed by atoms with Crippen molar-refractivity contribution in [3.8, 4) is 0 Å². The summed E-state index contributed by atoms with van der Waals surface area (Å²) in [5, 5.41) is 3.31. The second-order valence-corrected chi connectivity index (χ2v) is 6.32. The molecule has 1 aliphatic rings. The number of hydrogen-bond donors (Lipinski definition) is 1. The largest absolute Gasteiger partial charge is 0.319 e. The number of likely N-dealkylation sites (tertiary alicyclic amines) is 1. The molecule has 0 radical (unpaired) electrons. The van der Waals surface area contributed by atoms with Crippen molar-refractivity contribution in [3.05, 3.63) is 0 Å². The molecule has 1 heterocycles. The summed E-state index contributed by atoms with van der Waals surface area (Å²) in [5.74, 6) is 0.930. The highest BCUT2D eigenvalue weighted by Gasteiger charge is 2.17. The van der Waals surface area contributed by atoms with Gasteiger partial charge < -0.3 is 10.2 Å². The van der Waals surface area contributed by atoms with Crippen LogP contribution >= 0.6 is 0 Å². The summed E-state index contributed by atoms with van der Waals surface area (Å²) >= 11 is 0. The molecule has 2 heteroatoms. The van der Waals surface area contributed by atoms with Crippen molar-refractivity contribution in [1.82, 2.24) is 10.2 Å². The molecule has 1 aliphatic heterocycles. The van der Waals surface area contributed by atoms with E-state index in [0.29, 0.717) is 0 Å². The van der Waals surface area contributed by atoms with Gasteiger partial charge >= 0.3 is 0 Å². The molecule has 0 saturated carbocycles. The summed E-state index contributed by atoms with van der Waals surface area (Å²) in [6.07, 6.45) is 14.3. The van der Waals surface area contributed by atoms with Crippen LogP contribution in [0, 0.1) is 5.92 Å². The minimum atomic E-state index is 0.930. The third-order valence-electron chi connectivity index (χ3n) is 4.53. The molecule has 0 atom stereocenters. The Kier molecular flexibility index (Phi) is 10.5. The van der Waals surface area contributed by atoms with Crippen LogP contribution in [0.2, 0.25) is 0 Å². The van der Waals surface area contributed by atoms with Crippen molar-refractivity contribution in [2.45, 2.75) is 71.1 Å². The van der Waals surface area contributed by atoms with Gasteiger partial charge in [-0.25, -0.2) is 0 Å². The second-order valence-electron chi connectivity index (χ2n) is 6.32. The van der Waals surface area contributed by atoms with Gasteiger partial charge in [0.2, 0.25) is 0 Å². The van der Waals surface area contributed by atoms with Crippen molar-refractivity contribution in [1.29, 1.82) is 0 Å². The van der Waals surface area contributed by atoms with E-state index in [0.717, 1.165) is 5.92 Å². The molecule has 0 aliphatic carbocycles. The lowest BCUT2D eigenvalue weighted by molar-refractivity contribution is 0.180. The van der Waals surface area contributed by atoms with Crippen molar-refractivity contribution in [2.24, 2.45) is 5.92 Å². The Balaban J connectivity index is 1.85. The van der Waals surface area contributed by atoms with Crippen LogP contribution in [0.25, 0.3) is 0 Å². The molecule has 1 rings (SSSR count). The molecule has 114 valence electrons. The van der Waals surface area contributed by atoms with E-state index in [1.165, 1.54) is 90.4 Å². The first kappa shape index (κ1) is 17.0. The fourth-order valence-corrected chi connectivity index (χ4v) is 3.17. The molecule has 1 N–H and O–H groups in total. The summed E-state index contributed by atoms with van der Waals surface area (Å²) in [6.45, 7) is 7.53. The highest BCUT2D eigenvalue weighted by Crippen LogP contribution is 2.17. The van der Waals surface area contributed by atoms with Crippen molar-refractivity contribution in [3.63, 3.8) is 0 Å². The molecule has 0 aromatic heterocycles. The van der Waals surface area contributed by atoms with Crippen molar-refractivity contribution in [2.75, 3.05) is 33.2 Å². The maximum Gasteiger partial charge on any atom is -0.00156 e. The topological polar surface area (TPSA) is 15.3 Å². The lowest BCUT2D eigenvalue weighted by atomic mass is 9.96. The standard InChI is InChI=1S/C17H36N2/c1-3-4-5-6-7-8-9-10-13-19-14-11-17(12-15-19)16-18-2/h17-18H,3-16H2,1-2H3. The Morgan fingerprint density at radius 3 is 2.05 bits per heavy atom. The zero-order valence-corrected chi connectivity index (χ0v) is 13.4. The van der Waals surface area contributed by atoms with E-state index in [2.05, 4.69) is 24.2 Å². The number of hydrogen-bond acceptors (Lipinski definition) is 2. The quantitative estimate of drug-likeness (QED) is 0.569. The third kappa shape index (κ3) is 8.65. The Hall–Kier alpha value is -0.0800. The number of nitrogens with zero attached hydrogens (tertiary/aromatic N) is 1. The molecule has 0 unspecified atom stereocenters. The van der Waals surface area contributed by atoms with Crippen LogP contribution in [0.15, 0.2) is 0 Å². The molecule has 1 saturated heterocycles. The molecule has 2 nitrogen and oxygen atoms in total. The summed E-state index contributed by atoms with van der Waals surface area (Å²) in [4.78, 5) is 2.68. The van der Waals surface area contributed by atoms with E-state index in [1.54, 1.807) is 0 Å². The Morgan fingerprint density at radius 1 is 0.895 bits per heavy atom. The number of rotatable bonds is 11. The molecule has 0 aromatic carbocycles. The normalized spacial score (nSPS) is 18.0. The lowest BCUT2D eigenvalue weighted by Crippen LogP contribution is -2.37. The third-order valence-corrected chi connectivity index (χ3v) is 4.53. The van der Waals surface area contributed by atoms with Crippen LogP contribution in [0.4, 0.5) is 0 Å². The Labute approximate surface area is 121 Å². The first-order valence-electron chi connectivity index (χ1n) is 8.73. The van der Waals surface area contributed by atoms with Gasteiger partial charge in [0, 0.05) is 0 Å². The van der Waals surface area contributed by atoms with Gasteiger partial charge in [0.1, 0.15) is 0 Å². The molecule has 0 aromatic rings. The zero-order chi connectivity index (χ0) is 13.8. The lowest BCUT2D eigenvalue weighted by Gasteiger charge is -2.31. The molecular weight excluding hydrogens is 232 g/mol. The van der Waals surface area contributed by atoms with E-state index in [-0.39, 0.29) is 0 Å². The van der Waals surface area contributed by atoms with Gasteiger partial charge in [-0.3, -0.25) is 0 Å². The number of piperidine rings is 1. The smallest absolute Gasteiger partial charge is 0.00156 e. The van der Waals surface area contributed by atoms with Crippen molar-refractivity contribution >= 4 is 0 Å². The Bertz CT molecular complexity index is 186. The maximum atomic E-state index is 3.31. The monoisotopic (exact) mass is 268 g/mol. The minimum absolute atomic E-state index is 0.930. The average Bonchev–Trinajstić information content (AvgIpc) is 2.44. The number of unbranched alkanes of at least 4 members (excludes halogenated alkanes) is 7. The van der Waals surface area contributed by atoms with Gasteiger partial charge in [0.25, 0.3) is 0 Å². The van der Waals surface area contributed by atoms with Crippen LogP contribution in [0.3, 0.4) is 0 Å². The summed E-state index contributed by atoms with van der Waals surface area (Å²) in [7, 11) is 2.08. The minimum Gasteiger partial charge on any atom is -0.319 e. The summed E-state index contributed by atoms with van der Waals surface area (Å²) in [5.41, 5.74) is 0. The predicted octanol–water partition coefficient (Wildman–Crippen LogP) is 4.06. The van der Waals surface area contributed by atoms with E-state index < -0.39 is 0 Å². The Morgan fingerprint density at radius 2 is 1.47 bits per heavy atom. The van der Waals surface area contributed by atoms with Gasteiger partial charge in [-0.05, 0) is 58.4 Å². The zero-order valence-electron chi connectivity index (χ0n) is 13.4. The van der Waals surface area contributed by atoms with Crippen LogP contribution < -0.4 is 5.32 Å². The highest BCUT2D eigenvalue weighted by atomic mass is 15.1. The highest BCUT2D eigenvalue weighted by molar-refractivity contribution is 4.73. The second kappa shape index (κ2) is 11.7. The van der Waals surface area contributed by atoms with E-state index in [9.17, 15) is 0 Å². The first-order valence-corrected chi connectivity index (χ1v) is 8.73. The van der Waals surface area contributed by atoms with Gasteiger partial charge in [0.05, 0.1) is 0 Å². The van der Waals surface area contributed by atoms with Gasteiger partial charge in [-0.15, -0.1) is 0 Å². The van der Waals surface area contributed by atoms with Crippen LogP contribution in [-0.2, 0) is 0 Å². The maximum absolute atomic E-state index is 3.31. The average molecular weight is 268 g/mol. The van der Waals surface area contributed by atoms with Gasteiger partial charge in [-0.1, -0.05) is 51.9 Å². The molecule has 1 fully saturated rings. The number of nitrogens with one attached hydrogen (secondary N) is 1. The van der Waals surface area contributed by atoms with E-state index in [4.69, 9.17) is 0 Å². The van der Waals surface area contributed by atoms with Gasteiger partial charge in [0.15, 0.2) is 0 Å². The summed E-state index contributed by atoms with van der Waals surface area (Å²) in [6, 6.07) is 0.